The fourth-order valence-electron chi connectivity index (χ4n) is 4.36. The van der Waals surface area contributed by atoms with E-state index in [-0.39, 0.29) is 0 Å². The average Bonchev–Trinajstić information content (AvgIpc) is 3.23. The van der Waals surface area contributed by atoms with Gasteiger partial charge in [0.25, 0.3) is 0 Å². The minimum atomic E-state index is -1.55. The molecule has 2 N–H and O–H groups in total. The molecule has 0 fully saturated rings. The summed E-state index contributed by atoms with van der Waals surface area (Å²) in [6, 6.07) is 29.1. The molecule has 0 unspecified atom stereocenters. The third-order valence-corrected chi connectivity index (χ3v) is 5.92. The van der Waals surface area contributed by atoms with Gasteiger partial charge >= 0.3 is 7.12 Å². The van der Waals surface area contributed by atoms with Gasteiger partial charge < -0.3 is 14.6 Å². The molecule has 0 aliphatic rings. The van der Waals surface area contributed by atoms with Gasteiger partial charge in [-0.05, 0) is 54.0 Å². The van der Waals surface area contributed by atoms with Crippen molar-refractivity contribution in [2.45, 2.75) is 0 Å². The molecule has 6 nitrogen and oxygen atoms in total. The Morgan fingerprint density at radius 3 is 1.82 bits per heavy atom. The maximum Gasteiger partial charge on any atom is 0.488 e. The first-order chi connectivity index (χ1) is 16.7. The van der Waals surface area contributed by atoms with E-state index in [0.717, 1.165) is 50.3 Å². The van der Waals surface area contributed by atoms with Crippen LogP contribution in [0.1, 0.15) is 0 Å². The lowest BCUT2D eigenvalue weighted by atomic mass is 9.80. The minimum absolute atomic E-state index is 0.431. The molecule has 34 heavy (non-hydrogen) atoms. The van der Waals surface area contributed by atoms with E-state index in [4.69, 9.17) is 4.98 Å². The lowest BCUT2D eigenvalue weighted by Gasteiger charge is -2.13. The van der Waals surface area contributed by atoms with Gasteiger partial charge in [-0.25, -0.2) is 4.98 Å². The van der Waals surface area contributed by atoms with Crippen LogP contribution in [0.4, 0.5) is 0 Å². The summed E-state index contributed by atoms with van der Waals surface area (Å²) in [5.41, 5.74) is 6.16. The first-order valence-corrected chi connectivity index (χ1v) is 10.9. The molecule has 0 aliphatic carbocycles. The maximum atomic E-state index is 9.82. The zero-order chi connectivity index (χ0) is 23.1. The Hall–Kier alpha value is -4.33. The van der Waals surface area contributed by atoms with Crippen molar-refractivity contribution in [3.63, 3.8) is 0 Å². The van der Waals surface area contributed by atoms with Crippen LogP contribution in [0, 0.1) is 0 Å². The van der Waals surface area contributed by atoms with E-state index in [9.17, 15) is 10.0 Å². The van der Waals surface area contributed by atoms with Crippen molar-refractivity contribution in [3.05, 3.63) is 103 Å². The van der Waals surface area contributed by atoms with E-state index in [1.807, 2.05) is 72.8 Å². The van der Waals surface area contributed by atoms with Crippen molar-refractivity contribution in [1.29, 1.82) is 0 Å². The van der Waals surface area contributed by atoms with E-state index < -0.39 is 7.12 Å². The number of pyridine rings is 3. The Morgan fingerprint density at radius 2 is 1.21 bits per heavy atom. The highest BCUT2D eigenvalue weighted by Gasteiger charge is 2.18. The van der Waals surface area contributed by atoms with Gasteiger partial charge in [0.05, 0.1) is 39.5 Å². The van der Waals surface area contributed by atoms with Crippen molar-refractivity contribution in [1.82, 2.24) is 19.5 Å². The predicted molar refractivity (Wildman–Crippen MR) is 135 cm³/mol. The molecular weight excluding hydrogens is 423 g/mol. The highest BCUT2D eigenvalue weighted by molar-refractivity contribution is 6.59. The molecular formula is C27H19BN4O2. The summed E-state index contributed by atoms with van der Waals surface area (Å²) in [5, 5.41) is 21.7. The van der Waals surface area contributed by atoms with Crippen molar-refractivity contribution in [3.8, 4) is 28.5 Å². The molecule has 0 saturated heterocycles. The number of rotatable bonds is 4. The van der Waals surface area contributed by atoms with Crippen molar-refractivity contribution < 1.29 is 10.0 Å². The molecule has 0 atom stereocenters. The molecule has 162 valence electrons. The summed E-state index contributed by atoms with van der Waals surface area (Å²) in [6.45, 7) is 0. The smallest absolute Gasteiger partial charge is 0.423 e. The molecule has 0 amide bonds. The van der Waals surface area contributed by atoms with Crippen LogP contribution < -0.4 is 5.46 Å². The van der Waals surface area contributed by atoms with Crippen molar-refractivity contribution in [2.24, 2.45) is 0 Å². The second kappa shape index (κ2) is 8.22. The number of para-hydroxylation sites is 1. The number of hydrogen-bond donors (Lipinski definition) is 2. The number of aromatic nitrogens is 4. The molecule has 0 aliphatic heterocycles. The second-order valence-corrected chi connectivity index (χ2v) is 8.03. The van der Waals surface area contributed by atoms with Crippen LogP contribution in [-0.4, -0.2) is 36.7 Å². The largest absolute Gasteiger partial charge is 0.488 e. The molecule has 0 saturated carbocycles. The van der Waals surface area contributed by atoms with Gasteiger partial charge in [-0.3, -0.25) is 9.97 Å². The molecule has 0 radical (unpaired) electrons. The Kier molecular flexibility index (Phi) is 4.91. The summed E-state index contributed by atoms with van der Waals surface area (Å²) >= 11 is 0. The predicted octanol–water partition coefficient (Wildman–Crippen LogP) is 3.98. The molecule has 4 heterocycles. The zero-order valence-electron chi connectivity index (χ0n) is 18.1. The van der Waals surface area contributed by atoms with Gasteiger partial charge in [-0.1, -0.05) is 42.5 Å². The Balaban J connectivity index is 1.69. The Bertz CT molecular complexity index is 1580. The standard InChI is InChI=1S/C27H19BN4O2/c33-28(34)18-11-12-21-20-7-1-2-10-26(20)32(27(21)15-18)19-16-24(22-8-3-5-13-29-22)31-25(17-19)23-9-4-6-14-30-23/h1-17,33-34H. The van der Waals surface area contributed by atoms with E-state index in [0.29, 0.717) is 5.46 Å². The van der Waals surface area contributed by atoms with Crippen LogP contribution in [0.2, 0.25) is 0 Å². The highest BCUT2D eigenvalue weighted by Crippen LogP contribution is 2.33. The Morgan fingerprint density at radius 1 is 0.588 bits per heavy atom. The molecule has 4 aromatic heterocycles. The lowest BCUT2D eigenvalue weighted by Crippen LogP contribution is -2.29. The maximum absolute atomic E-state index is 9.82. The second-order valence-electron chi connectivity index (χ2n) is 8.03. The minimum Gasteiger partial charge on any atom is -0.423 e. The van der Waals surface area contributed by atoms with Crippen molar-refractivity contribution in [2.75, 3.05) is 0 Å². The monoisotopic (exact) mass is 442 g/mol. The van der Waals surface area contributed by atoms with E-state index in [1.165, 1.54) is 0 Å². The first kappa shape index (κ1) is 20.3. The van der Waals surface area contributed by atoms with Crippen LogP contribution in [0.5, 0.6) is 0 Å². The van der Waals surface area contributed by atoms with E-state index in [2.05, 4.69) is 26.7 Å². The van der Waals surface area contributed by atoms with Crippen molar-refractivity contribution >= 4 is 34.4 Å². The number of benzene rings is 2. The lowest BCUT2D eigenvalue weighted by molar-refractivity contribution is 0.426. The highest BCUT2D eigenvalue weighted by atomic mass is 16.4. The molecule has 0 spiro atoms. The normalized spacial score (nSPS) is 11.2. The number of nitrogens with zero attached hydrogens (tertiary/aromatic N) is 4. The summed E-state index contributed by atoms with van der Waals surface area (Å²) in [5.74, 6) is 0. The zero-order valence-corrected chi connectivity index (χ0v) is 18.1. The van der Waals surface area contributed by atoms with Crippen LogP contribution in [0.3, 0.4) is 0 Å². The molecule has 0 bridgehead atoms. The van der Waals surface area contributed by atoms with Gasteiger partial charge in [0.15, 0.2) is 0 Å². The summed E-state index contributed by atoms with van der Waals surface area (Å²) in [4.78, 5) is 13.9. The Labute approximate surface area is 196 Å². The average molecular weight is 442 g/mol. The summed E-state index contributed by atoms with van der Waals surface area (Å²) in [7, 11) is -1.55. The van der Waals surface area contributed by atoms with E-state index >= 15 is 0 Å². The van der Waals surface area contributed by atoms with Gasteiger partial charge in [0, 0.05) is 23.2 Å². The van der Waals surface area contributed by atoms with Crippen LogP contribution >= 0.6 is 0 Å². The van der Waals surface area contributed by atoms with Crippen LogP contribution in [0.15, 0.2) is 103 Å². The number of hydrogen-bond acceptors (Lipinski definition) is 5. The fourth-order valence-corrected chi connectivity index (χ4v) is 4.36. The summed E-state index contributed by atoms with van der Waals surface area (Å²) < 4.78 is 2.12. The van der Waals surface area contributed by atoms with Gasteiger partial charge in [0.1, 0.15) is 0 Å². The molecule has 6 rings (SSSR count). The van der Waals surface area contributed by atoms with E-state index in [1.54, 1.807) is 18.5 Å². The third-order valence-electron chi connectivity index (χ3n) is 5.92. The molecule has 6 aromatic rings. The quantitative estimate of drug-likeness (QED) is 0.404. The molecule has 7 heteroatoms. The fraction of sp³-hybridized carbons (Fsp3) is 0. The number of fused-ring (bicyclic) bond motifs is 3. The topological polar surface area (TPSA) is 84.1 Å². The van der Waals surface area contributed by atoms with Gasteiger partial charge in [-0.2, -0.15) is 0 Å². The molecule has 2 aromatic carbocycles. The van der Waals surface area contributed by atoms with Crippen LogP contribution in [0.25, 0.3) is 50.3 Å². The SMILES string of the molecule is OB(O)c1ccc2c3ccccc3n(-c3cc(-c4ccccn4)nc(-c4ccccn4)c3)c2c1. The first-order valence-electron chi connectivity index (χ1n) is 10.9. The van der Waals surface area contributed by atoms with Crippen LogP contribution in [-0.2, 0) is 0 Å². The van der Waals surface area contributed by atoms with Gasteiger partial charge in [-0.15, -0.1) is 0 Å². The summed E-state index contributed by atoms with van der Waals surface area (Å²) in [6.07, 6.45) is 3.50. The van der Waals surface area contributed by atoms with Gasteiger partial charge in [0.2, 0.25) is 0 Å². The third kappa shape index (κ3) is 3.44.